The number of carbonyl (C=O) groups is 1. The van der Waals surface area contributed by atoms with Crippen molar-refractivity contribution < 1.29 is 4.79 Å². The number of amides is 1. The summed E-state index contributed by atoms with van der Waals surface area (Å²) in [5.74, 6) is 0.386. The Bertz CT molecular complexity index is 228. The molecule has 0 unspecified atom stereocenters. The summed E-state index contributed by atoms with van der Waals surface area (Å²) in [5, 5.41) is 3.32. The van der Waals surface area contributed by atoms with Gasteiger partial charge in [-0.3, -0.25) is 4.79 Å². The Hall–Kier alpha value is -0.570. The fourth-order valence-corrected chi connectivity index (χ4v) is 2.53. The van der Waals surface area contributed by atoms with Crippen LogP contribution in [-0.2, 0) is 4.79 Å². The van der Waals surface area contributed by atoms with E-state index in [1.54, 1.807) is 0 Å². The maximum absolute atomic E-state index is 12.4. The van der Waals surface area contributed by atoms with Crippen molar-refractivity contribution in [3.05, 3.63) is 6.42 Å². The van der Waals surface area contributed by atoms with Gasteiger partial charge in [0.2, 0.25) is 5.91 Å². The van der Waals surface area contributed by atoms with Gasteiger partial charge < -0.3 is 10.2 Å². The van der Waals surface area contributed by atoms with Gasteiger partial charge >= 0.3 is 0 Å². The zero-order valence-electron chi connectivity index (χ0n) is 9.59. The molecule has 0 aromatic rings. The van der Waals surface area contributed by atoms with Crippen LogP contribution < -0.4 is 5.32 Å². The first-order chi connectivity index (χ1) is 7.22. The molecule has 1 amide bonds. The monoisotopic (exact) mass is 209 g/mol. The van der Waals surface area contributed by atoms with Crippen molar-refractivity contribution in [3.63, 3.8) is 0 Å². The number of nitrogens with one attached hydrogen (secondary N) is 1. The third-order valence-corrected chi connectivity index (χ3v) is 3.72. The first-order valence-corrected chi connectivity index (χ1v) is 6.04. The van der Waals surface area contributed by atoms with Crippen molar-refractivity contribution in [2.24, 2.45) is 5.41 Å². The summed E-state index contributed by atoms with van der Waals surface area (Å²) in [6, 6.07) is 0. The molecule has 3 nitrogen and oxygen atoms in total. The van der Waals surface area contributed by atoms with Gasteiger partial charge in [-0.2, -0.15) is 0 Å². The van der Waals surface area contributed by atoms with Gasteiger partial charge in [-0.15, -0.1) is 0 Å². The van der Waals surface area contributed by atoms with Crippen LogP contribution in [0.25, 0.3) is 0 Å². The maximum atomic E-state index is 12.4. The fourth-order valence-electron chi connectivity index (χ4n) is 2.53. The van der Waals surface area contributed by atoms with E-state index in [0.717, 1.165) is 51.9 Å². The van der Waals surface area contributed by atoms with Crippen molar-refractivity contribution >= 4 is 5.91 Å². The Morgan fingerprint density at radius 2 is 1.87 bits per heavy atom. The number of carbonyl (C=O) groups excluding carboxylic acids is 1. The maximum Gasteiger partial charge on any atom is 0.228 e. The molecule has 2 heterocycles. The fraction of sp³-hybridized carbons (Fsp3) is 0.833. The van der Waals surface area contributed by atoms with E-state index in [1.165, 1.54) is 0 Å². The molecule has 0 bridgehead atoms. The zero-order valence-corrected chi connectivity index (χ0v) is 9.59. The molecule has 85 valence electrons. The first-order valence-electron chi connectivity index (χ1n) is 6.04. The highest BCUT2D eigenvalue weighted by Crippen LogP contribution is 2.31. The van der Waals surface area contributed by atoms with E-state index >= 15 is 0 Å². The quantitative estimate of drug-likeness (QED) is 0.704. The molecule has 2 fully saturated rings. The lowest BCUT2D eigenvalue weighted by atomic mass is 9.79. The van der Waals surface area contributed by atoms with E-state index in [-0.39, 0.29) is 5.41 Å². The van der Waals surface area contributed by atoms with E-state index in [2.05, 4.69) is 23.6 Å². The molecule has 0 saturated carbocycles. The molecule has 2 rings (SSSR count). The third kappa shape index (κ3) is 2.33. The number of likely N-dealkylation sites (tertiary alicyclic amines) is 1. The van der Waals surface area contributed by atoms with Gasteiger partial charge in [0.05, 0.1) is 0 Å². The van der Waals surface area contributed by atoms with Crippen molar-refractivity contribution in [3.8, 4) is 0 Å². The molecule has 1 N–H and O–H groups in total. The van der Waals surface area contributed by atoms with Gasteiger partial charge in [-0.1, -0.05) is 6.92 Å². The second kappa shape index (κ2) is 4.52. The minimum Gasteiger partial charge on any atom is -0.342 e. The summed E-state index contributed by atoms with van der Waals surface area (Å²) < 4.78 is 0. The highest BCUT2D eigenvalue weighted by molar-refractivity contribution is 5.82. The van der Waals surface area contributed by atoms with Crippen LogP contribution in [0.5, 0.6) is 0 Å². The number of hydrogen-bond donors (Lipinski definition) is 1. The lowest BCUT2D eigenvalue weighted by Crippen LogP contribution is -2.49. The summed E-state index contributed by atoms with van der Waals surface area (Å²) in [5.41, 5.74) is -0.0947. The Labute approximate surface area is 92.2 Å². The third-order valence-electron chi connectivity index (χ3n) is 3.72. The van der Waals surface area contributed by atoms with Gasteiger partial charge in [-0.25, -0.2) is 0 Å². The summed E-state index contributed by atoms with van der Waals surface area (Å²) in [6.07, 6.45) is 6.41. The number of nitrogens with zero attached hydrogens (tertiary/aromatic N) is 1. The zero-order chi connectivity index (χ0) is 10.7. The number of rotatable bonds is 1. The van der Waals surface area contributed by atoms with Crippen LogP contribution in [-0.4, -0.2) is 37.0 Å². The molecule has 2 saturated heterocycles. The van der Waals surface area contributed by atoms with E-state index in [4.69, 9.17) is 0 Å². The predicted octanol–water partition coefficient (Wildman–Crippen LogP) is 1.20. The number of piperidine rings is 2. The molecule has 0 spiro atoms. The van der Waals surface area contributed by atoms with Gasteiger partial charge in [0.15, 0.2) is 0 Å². The Balaban J connectivity index is 1.98. The van der Waals surface area contributed by atoms with Crippen LogP contribution in [0.3, 0.4) is 0 Å². The van der Waals surface area contributed by atoms with Gasteiger partial charge in [0.25, 0.3) is 0 Å². The minimum atomic E-state index is -0.0947. The largest absolute Gasteiger partial charge is 0.342 e. The predicted molar refractivity (Wildman–Crippen MR) is 60.3 cm³/mol. The van der Waals surface area contributed by atoms with Crippen LogP contribution in [0.15, 0.2) is 0 Å². The van der Waals surface area contributed by atoms with Crippen molar-refractivity contribution in [2.45, 2.75) is 32.6 Å². The highest BCUT2D eigenvalue weighted by Gasteiger charge is 2.37. The molecule has 0 aromatic carbocycles. The molecular formula is C12H21N2O. The molecule has 2 aliphatic heterocycles. The van der Waals surface area contributed by atoms with E-state index < -0.39 is 0 Å². The van der Waals surface area contributed by atoms with Crippen molar-refractivity contribution in [1.82, 2.24) is 10.2 Å². The molecular weight excluding hydrogens is 188 g/mol. The Morgan fingerprint density at radius 3 is 2.47 bits per heavy atom. The molecule has 0 atom stereocenters. The summed E-state index contributed by atoms with van der Waals surface area (Å²) in [6.45, 7) is 5.97. The van der Waals surface area contributed by atoms with Crippen LogP contribution >= 0.6 is 0 Å². The average molecular weight is 209 g/mol. The summed E-state index contributed by atoms with van der Waals surface area (Å²) >= 11 is 0. The van der Waals surface area contributed by atoms with Crippen molar-refractivity contribution in [2.75, 3.05) is 26.2 Å². The highest BCUT2D eigenvalue weighted by atomic mass is 16.2. The van der Waals surface area contributed by atoms with Crippen LogP contribution in [0, 0.1) is 11.8 Å². The number of hydrogen-bond acceptors (Lipinski definition) is 2. The topological polar surface area (TPSA) is 32.3 Å². The average Bonchev–Trinajstić information content (AvgIpc) is 2.30. The lowest BCUT2D eigenvalue weighted by molar-refractivity contribution is -0.143. The summed E-state index contributed by atoms with van der Waals surface area (Å²) in [7, 11) is 0. The van der Waals surface area contributed by atoms with Crippen LogP contribution in [0.4, 0.5) is 0 Å². The molecule has 3 heteroatoms. The standard InChI is InChI=1S/C12H21N2O/c1-12(5-7-13-8-6-12)11(15)14-9-3-2-4-10-14/h2,13H,3-10H2,1H3. The molecule has 15 heavy (non-hydrogen) atoms. The van der Waals surface area contributed by atoms with E-state index in [1.807, 2.05) is 0 Å². The lowest BCUT2D eigenvalue weighted by Gasteiger charge is -2.38. The summed E-state index contributed by atoms with van der Waals surface area (Å²) in [4.78, 5) is 14.4. The van der Waals surface area contributed by atoms with Gasteiger partial charge in [0.1, 0.15) is 0 Å². The second-order valence-corrected chi connectivity index (χ2v) is 4.97. The normalized spacial score (nSPS) is 26.3. The van der Waals surface area contributed by atoms with Crippen LogP contribution in [0.2, 0.25) is 0 Å². The van der Waals surface area contributed by atoms with Crippen molar-refractivity contribution in [1.29, 1.82) is 0 Å². The van der Waals surface area contributed by atoms with Crippen LogP contribution in [0.1, 0.15) is 32.6 Å². The molecule has 2 aliphatic rings. The molecule has 0 aromatic heterocycles. The first kappa shape index (κ1) is 10.9. The van der Waals surface area contributed by atoms with E-state index in [9.17, 15) is 4.79 Å². The Kier molecular flexibility index (Phi) is 3.29. The van der Waals surface area contributed by atoms with E-state index in [0.29, 0.717) is 5.91 Å². The Morgan fingerprint density at radius 1 is 1.27 bits per heavy atom. The molecule has 1 radical (unpaired) electrons. The molecule has 0 aliphatic carbocycles. The smallest absolute Gasteiger partial charge is 0.228 e. The van der Waals surface area contributed by atoms with Gasteiger partial charge in [-0.05, 0) is 45.2 Å². The minimum absolute atomic E-state index is 0.0947. The van der Waals surface area contributed by atoms with Gasteiger partial charge in [0, 0.05) is 18.5 Å². The second-order valence-electron chi connectivity index (χ2n) is 4.97. The SMILES string of the molecule is CC1(C(=O)N2CC[CH]CC2)CCNCC1.